The second-order valence-electron chi connectivity index (χ2n) is 7.58. The SMILES string of the molecule is CC1(C)C=C(c2cccc(=O)c(OC(=O)OC(C)(C)C)c2)CC1. The van der Waals surface area contributed by atoms with Crippen molar-refractivity contribution in [1.82, 2.24) is 0 Å². The van der Waals surface area contributed by atoms with Crippen molar-refractivity contribution in [3.8, 4) is 5.75 Å². The van der Waals surface area contributed by atoms with Crippen LogP contribution in [-0.2, 0) is 4.74 Å². The summed E-state index contributed by atoms with van der Waals surface area (Å²) in [5.74, 6) is -0.00939. The van der Waals surface area contributed by atoms with Gasteiger partial charge in [-0.3, -0.25) is 4.79 Å². The first-order chi connectivity index (χ1) is 10.6. The second-order valence-corrected chi connectivity index (χ2v) is 7.58. The van der Waals surface area contributed by atoms with Crippen LogP contribution in [0.4, 0.5) is 4.79 Å². The number of hydrogen-bond acceptors (Lipinski definition) is 4. The maximum Gasteiger partial charge on any atom is 0.514 e. The summed E-state index contributed by atoms with van der Waals surface area (Å²) in [7, 11) is 0. The fraction of sp³-hybridized carbons (Fsp3) is 0.474. The summed E-state index contributed by atoms with van der Waals surface area (Å²) < 4.78 is 10.2. The summed E-state index contributed by atoms with van der Waals surface area (Å²) in [5.41, 5.74) is 1.20. The van der Waals surface area contributed by atoms with E-state index in [-0.39, 0.29) is 16.6 Å². The molecule has 1 aromatic rings. The van der Waals surface area contributed by atoms with E-state index in [0.717, 1.165) is 18.4 Å². The van der Waals surface area contributed by atoms with Gasteiger partial charge in [0.05, 0.1) is 0 Å². The van der Waals surface area contributed by atoms with Crippen LogP contribution in [0.2, 0.25) is 0 Å². The van der Waals surface area contributed by atoms with E-state index in [9.17, 15) is 9.59 Å². The minimum Gasteiger partial charge on any atom is -0.428 e. The Balaban J connectivity index is 2.31. The molecule has 4 heteroatoms. The van der Waals surface area contributed by atoms with Crippen molar-refractivity contribution in [2.24, 2.45) is 5.41 Å². The molecule has 0 aromatic heterocycles. The Hall–Kier alpha value is -2.10. The first-order valence-corrected chi connectivity index (χ1v) is 7.83. The van der Waals surface area contributed by atoms with Gasteiger partial charge >= 0.3 is 6.16 Å². The second kappa shape index (κ2) is 6.19. The number of rotatable bonds is 2. The maximum absolute atomic E-state index is 12.1. The van der Waals surface area contributed by atoms with Crippen LogP contribution in [-0.4, -0.2) is 11.8 Å². The number of hydrogen-bond donors (Lipinski definition) is 0. The smallest absolute Gasteiger partial charge is 0.428 e. The van der Waals surface area contributed by atoms with E-state index in [0.29, 0.717) is 0 Å². The van der Waals surface area contributed by atoms with Gasteiger partial charge in [-0.2, -0.15) is 0 Å². The Kier molecular flexibility index (Phi) is 4.64. The number of allylic oxidation sites excluding steroid dienone is 2. The molecule has 0 spiro atoms. The fourth-order valence-electron chi connectivity index (χ4n) is 2.52. The molecular formula is C19H24O4. The molecule has 0 heterocycles. The third-order valence-electron chi connectivity index (χ3n) is 3.61. The van der Waals surface area contributed by atoms with E-state index < -0.39 is 11.8 Å². The molecule has 4 nitrogen and oxygen atoms in total. The van der Waals surface area contributed by atoms with Crippen molar-refractivity contribution in [1.29, 1.82) is 0 Å². The molecule has 0 atom stereocenters. The molecule has 2 rings (SSSR count). The molecule has 0 N–H and O–H groups in total. The summed E-state index contributed by atoms with van der Waals surface area (Å²) in [6.07, 6.45) is 3.35. The van der Waals surface area contributed by atoms with Gasteiger partial charge in [-0.15, -0.1) is 0 Å². The highest BCUT2D eigenvalue weighted by molar-refractivity contribution is 5.70. The number of carbonyl (C=O) groups excluding carboxylic acids is 1. The molecule has 124 valence electrons. The lowest BCUT2D eigenvalue weighted by Gasteiger charge is -2.18. The van der Waals surface area contributed by atoms with E-state index in [1.54, 1.807) is 32.9 Å². The van der Waals surface area contributed by atoms with Crippen LogP contribution in [0.5, 0.6) is 5.75 Å². The van der Waals surface area contributed by atoms with Crippen LogP contribution in [0.3, 0.4) is 0 Å². The van der Waals surface area contributed by atoms with Crippen LogP contribution in [0.25, 0.3) is 5.57 Å². The lowest BCUT2D eigenvalue weighted by molar-refractivity contribution is 0.0204. The van der Waals surface area contributed by atoms with Gasteiger partial charge in [-0.1, -0.05) is 32.1 Å². The highest BCUT2D eigenvalue weighted by Crippen LogP contribution is 2.39. The number of carbonyl (C=O) groups is 1. The summed E-state index contributed by atoms with van der Waals surface area (Å²) in [4.78, 5) is 23.9. The van der Waals surface area contributed by atoms with Gasteiger partial charge in [0.15, 0.2) is 5.75 Å². The molecule has 0 saturated carbocycles. The monoisotopic (exact) mass is 316 g/mol. The standard InChI is InChI=1S/C19H24O4/c1-18(2,3)23-17(21)22-16-11-13(7-6-8-15(16)20)14-9-10-19(4,5)12-14/h6-8,11-12H,9-10H2,1-5H3. The van der Waals surface area contributed by atoms with E-state index in [1.807, 2.05) is 6.07 Å². The van der Waals surface area contributed by atoms with E-state index in [2.05, 4.69) is 19.9 Å². The van der Waals surface area contributed by atoms with Gasteiger partial charge in [0.25, 0.3) is 0 Å². The Morgan fingerprint density at radius 2 is 1.91 bits per heavy atom. The Labute approximate surface area is 137 Å². The third-order valence-corrected chi connectivity index (χ3v) is 3.61. The molecule has 23 heavy (non-hydrogen) atoms. The van der Waals surface area contributed by atoms with Crippen LogP contribution in [0.15, 0.2) is 35.1 Å². The largest absolute Gasteiger partial charge is 0.514 e. The molecule has 1 aromatic carbocycles. The quantitative estimate of drug-likeness (QED) is 0.750. The minimum atomic E-state index is -0.868. The minimum absolute atomic E-state index is 0.00939. The molecule has 0 bridgehead atoms. The highest BCUT2D eigenvalue weighted by atomic mass is 16.7. The predicted molar refractivity (Wildman–Crippen MR) is 90.6 cm³/mol. The van der Waals surface area contributed by atoms with Crippen LogP contribution < -0.4 is 10.2 Å². The zero-order valence-corrected chi connectivity index (χ0v) is 14.4. The van der Waals surface area contributed by atoms with Crippen molar-refractivity contribution in [3.05, 3.63) is 46.1 Å². The van der Waals surface area contributed by atoms with Gasteiger partial charge in [0, 0.05) is 0 Å². The van der Waals surface area contributed by atoms with E-state index in [4.69, 9.17) is 9.47 Å². The van der Waals surface area contributed by atoms with Crippen LogP contribution in [0, 0.1) is 5.41 Å². The highest BCUT2D eigenvalue weighted by Gasteiger charge is 2.24. The van der Waals surface area contributed by atoms with Crippen molar-refractivity contribution < 1.29 is 14.3 Å². The van der Waals surface area contributed by atoms with Gasteiger partial charge in [0.2, 0.25) is 5.43 Å². The Morgan fingerprint density at radius 3 is 2.48 bits per heavy atom. The third kappa shape index (κ3) is 4.95. The fourth-order valence-corrected chi connectivity index (χ4v) is 2.52. The van der Waals surface area contributed by atoms with Crippen molar-refractivity contribution >= 4 is 11.7 Å². The van der Waals surface area contributed by atoms with Crippen LogP contribution >= 0.6 is 0 Å². The zero-order valence-electron chi connectivity index (χ0n) is 14.4. The first-order valence-electron chi connectivity index (χ1n) is 7.83. The van der Waals surface area contributed by atoms with E-state index >= 15 is 0 Å². The zero-order chi connectivity index (χ0) is 17.3. The molecular weight excluding hydrogens is 292 g/mol. The van der Waals surface area contributed by atoms with Gasteiger partial charge in [-0.25, -0.2) is 4.79 Å². The average Bonchev–Trinajstić information content (AvgIpc) is 2.64. The van der Waals surface area contributed by atoms with Gasteiger partial charge < -0.3 is 9.47 Å². The molecule has 1 aliphatic rings. The molecule has 0 radical (unpaired) electrons. The average molecular weight is 316 g/mol. The summed E-state index contributed by atoms with van der Waals surface area (Å²) >= 11 is 0. The lowest BCUT2D eigenvalue weighted by Crippen LogP contribution is -2.27. The van der Waals surface area contributed by atoms with Gasteiger partial charge in [-0.05, 0) is 62.3 Å². The van der Waals surface area contributed by atoms with Gasteiger partial charge in [0.1, 0.15) is 5.60 Å². The molecule has 1 aliphatic carbocycles. The van der Waals surface area contributed by atoms with Crippen molar-refractivity contribution in [2.45, 2.75) is 53.1 Å². The van der Waals surface area contributed by atoms with E-state index in [1.165, 1.54) is 11.6 Å². The molecule has 0 aliphatic heterocycles. The Bertz CT molecular complexity index is 693. The summed E-state index contributed by atoms with van der Waals surface area (Å²) in [6.45, 7) is 9.59. The number of ether oxygens (including phenoxy) is 2. The van der Waals surface area contributed by atoms with Crippen molar-refractivity contribution in [2.75, 3.05) is 0 Å². The van der Waals surface area contributed by atoms with Crippen LogP contribution in [0.1, 0.15) is 53.0 Å². The molecule has 0 saturated heterocycles. The topological polar surface area (TPSA) is 52.6 Å². The molecule has 0 unspecified atom stereocenters. The molecule has 0 amide bonds. The predicted octanol–water partition coefficient (Wildman–Crippen LogP) is 4.56. The maximum atomic E-state index is 12.1. The lowest BCUT2D eigenvalue weighted by atomic mass is 9.94. The first kappa shape index (κ1) is 17.3. The molecule has 0 fully saturated rings. The van der Waals surface area contributed by atoms with Crippen molar-refractivity contribution in [3.63, 3.8) is 0 Å². The summed E-state index contributed by atoms with van der Waals surface area (Å²) in [5, 5.41) is 0. The normalized spacial score (nSPS) is 16.7. The Morgan fingerprint density at radius 1 is 1.22 bits per heavy atom. The summed E-state index contributed by atoms with van der Waals surface area (Å²) in [6, 6.07) is 6.58.